The van der Waals surface area contributed by atoms with Crippen molar-refractivity contribution >= 4 is 10.0 Å². The lowest BCUT2D eigenvalue weighted by Crippen LogP contribution is -2.47. The van der Waals surface area contributed by atoms with Gasteiger partial charge in [0.25, 0.3) is 0 Å². The molecule has 0 aromatic carbocycles. The maximum absolute atomic E-state index is 11.6. The van der Waals surface area contributed by atoms with Crippen LogP contribution >= 0.6 is 0 Å². The van der Waals surface area contributed by atoms with Gasteiger partial charge in [0.2, 0.25) is 10.0 Å². The first-order valence-corrected chi connectivity index (χ1v) is 8.37. The molecule has 0 amide bonds. The monoisotopic (exact) mass is 283 g/mol. The second-order valence-electron chi connectivity index (χ2n) is 5.13. The van der Waals surface area contributed by atoms with Crippen LogP contribution in [0.1, 0.15) is 18.5 Å². The predicted octanol–water partition coefficient (Wildman–Crippen LogP) is 0.937. The Balaban J connectivity index is 1.98. The standard InChI is InChI=1S/C13H21N3O2S/c1-15(19(2,17)18)13-7-5-9-16(11-13)10-12-6-3-4-8-14-12/h3-4,6,8,13H,5,7,9-11H2,1-2H3. The molecule has 1 aromatic rings. The molecule has 1 aromatic heterocycles. The Labute approximate surface area is 115 Å². The van der Waals surface area contributed by atoms with Crippen molar-refractivity contribution in [3.63, 3.8) is 0 Å². The highest BCUT2D eigenvalue weighted by Gasteiger charge is 2.27. The van der Waals surface area contributed by atoms with Gasteiger partial charge < -0.3 is 0 Å². The van der Waals surface area contributed by atoms with E-state index in [4.69, 9.17) is 0 Å². The van der Waals surface area contributed by atoms with Crippen LogP contribution in [0.25, 0.3) is 0 Å². The Morgan fingerprint density at radius 1 is 1.47 bits per heavy atom. The molecule has 0 saturated carbocycles. The highest BCUT2D eigenvalue weighted by atomic mass is 32.2. The van der Waals surface area contributed by atoms with Crippen LogP contribution in [0.15, 0.2) is 24.4 Å². The van der Waals surface area contributed by atoms with Crippen molar-refractivity contribution in [1.82, 2.24) is 14.2 Å². The van der Waals surface area contributed by atoms with Crippen LogP contribution in [0.3, 0.4) is 0 Å². The number of nitrogens with zero attached hydrogens (tertiary/aromatic N) is 3. The van der Waals surface area contributed by atoms with E-state index in [0.29, 0.717) is 0 Å². The summed E-state index contributed by atoms with van der Waals surface area (Å²) in [4.78, 5) is 6.59. The van der Waals surface area contributed by atoms with Crippen LogP contribution in [0.5, 0.6) is 0 Å². The summed E-state index contributed by atoms with van der Waals surface area (Å²) >= 11 is 0. The van der Waals surface area contributed by atoms with Crippen molar-refractivity contribution in [2.75, 3.05) is 26.4 Å². The minimum absolute atomic E-state index is 0.0764. The Bertz CT molecular complexity index is 504. The first kappa shape index (κ1) is 14.4. The molecule has 2 rings (SSSR count). The number of likely N-dealkylation sites (tertiary alicyclic amines) is 1. The topological polar surface area (TPSA) is 53.5 Å². The number of hydrogen-bond acceptors (Lipinski definition) is 4. The minimum atomic E-state index is -3.11. The zero-order valence-corrected chi connectivity index (χ0v) is 12.3. The van der Waals surface area contributed by atoms with E-state index >= 15 is 0 Å². The Hall–Kier alpha value is -0.980. The van der Waals surface area contributed by atoms with Gasteiger partial charge in [0.05, 0.1) is 11.9 Å². The fourth-order valence-corrected chi connectivity index (χ4v) is 3.18. The number of aromatic nitrogens is 1. The van der Waals surface area contributed by atoms with Gasteiger partial charge in [0.1, 0.15) is 0 Å². The molecular formula is C13H21N3O2S. The van der Waals surface area contributed by atoms with Crippen LogP contribution < -0.4 is 0 Å². The summed E-state index contributed by atoms with van der Waals surface area (Å²) in [5.74, 6) is 0. The molecule has 6 heteroatoms. The quantitative estimate of drug-likeness (QED) is 0.825. The van der Waals surface area contributed by atoms with Gasteiger partial charge in [-0.1, -0.05) is 6.07 Å². The molecule has 19 heavy (non-hydrogen) atoms. The lowest BCUT2D eigenvalue weighted by Gasteiger charge is -2.36. The van der Waals surface area contributed by atoms with Crippen LogP contribution in [0.2, 0.25) is 0 Å². The van der Waals surface area contributed by atoms with Gasteiger partial charge in [-0.3, -0.25) is 9.88 Å². The lowest BCUT2D eigenvalue weighted by molar-refractivity contribution is 0.152. The van der Waals surface area contributed by atoms with Crippen molar-refractivity contribution < 1.29 is 8.42 Å². The minimum Gasteiger partial charge on any atom is -0.296 e. The highest BCUT2D eigenvalue weighted by Crippen LogP contribution is 2.18. The molecule has 2 heterocycles. The molecule has 5 nitrogen and oxygen atoms in total. The summed E-state index contributed by atoms with van der Waals surface area (Å²) in [5, 5.41) is 0. The zero-order valence-electron chi connectivity index (χ0n) is 11.5. The Morgan fingerprint density at radius 2 is 2.26 bits per heavy atom. The van der Waals surface area contributed by atoms with E-state index < -0.39 is 10.0 Å². The summed E-state index contributed by atoms with van der Waals surface area (Å²) in [6, 6.07) is 5.96. The second-order valence-corrected chi connectivity index (χ2v) is 7.17. The number of hydrogen-bond donors (Lipinski definition) is 0. The average molecular weight is 283 g/mol. The molecule has 1 unspecified atom stereocenters. The molecule has 0 spiro atoms. The fraction of sp³-hybridized carbons (Fsp3) is 0.615. The maximum Gasteiger partial charge on any atom is 0.211 e. The predicted molar refractivity (Wildman–Crippen MR) is 75.1 cm³/mol. The van der Waals surface area contributed by atoms with Gasteiger partial charge in [0.15, 0.2) is 0 Å². The molecule has 1 aliphatic rings. The molecule has 1 fully saturated rings. The molecule has 106 valence electrons. The van der Waals surface area contributed by atoms with Gasteiger partial charge in [-0.25, -0.2) is 12.7 Å². The third-order valence-electron chi connectivity index (χ3n) is 3.63. The number of likely N-dealkylation sites (N-methyl/N-ethyl adjacent to an activating group) is 1. The van der Waals surface area contributed by atoms with Crippen LogP contribution in [0, 0.1) is 0 Å². The Kier molecular flexibility index (Phi) is 4.54. The SMILES string of the molecule is CN(C1CCCN(Cc2ccccn2)C1)S(C)(=O)=O. The fourth-order valence-electron chi connectivity index (χ4n) is 2.46. The summed E-state index contributed by atoms with van der Waals surface area (Å²) in [7, 11) is -1.44. The van der Waals surface area contributed by atoms with Crippen LogP contribution in [-0.4, -0.2) is 55.0 Å². The zero-order chi connectivity index (χ0) is 13.9. The summed E-state index contributed by atoms with van der Waals surface area (Å²) in [5.41, 5.74) is 1.03. The normalized spacial score (nSPS) is 21.7. The number of rotatable bonds is 4. The van der Waals surface area contributed by atoms with E-state index in [1.165, 1.54) is 10.6 Å². The van der Waals surface area contributed by atoms with Gasteiger partial charge in [-0.15, -0.1) is 0 Å². The number of sulfonamides is 1. The largest absolute Gasteiger partial charge is 0.296 e. The van der Waals surface area contributed by atoms with E-state index in [9.17, 15) is 8.42 Å². The van der Waals surface area contributed by atoms with Gasteiger partial charge in [0, 0.05) is 32.4 Å². The van der Waals surface area contributed by atoms with E-state index in [-0.39, 0.29) is 6.04 Å². The van der Waals surface area contributed by atoms with Gasteiger partial charge in [-0.05, 0) is 31.5 Å². The number of piperidine rings is 1. The molecule has 0 aliphatic carbocycles. The third-order valence-corrected chi connectivity index (χ3v) is 4.97. The van der Waals surface area contributed by atoms with Crippen molar-refractivity contribution in [2.24, 2.45) is 0 Å². The molecule has 0 bridgehead atoms. The second kappa shape index (κ2) is 5.98. The van der Waals surface area contributed by atoms with E-state index in [2.05, 4.69) is 9.88 Å². The van der Waals surface area contributed by atoms with Crippen LogP contribution in [-0.2, 0) is 16.6 Å². The molecule has 0 N–H and O–H groups in total. The highest BCUT2D eigenvalue weighted by molar-refractivity contribution is 7.88. The summed E-state index contributed by atoms with van der Waals surface area (Å²) in [6.45, 7) is 2.57. The van der Waals surface area contributed by atoms with Gasteiger partial charge in [-0.2, -0.15) is 0 Å². The van der Waals surface area contributed by atoms with Crippen molar-refractivity contribution in [3.05, 3.63) is 30.1 Å². The average Bonchev–Trinajstić information content (AvgIpc) is 2.38. The molecule has 1 saturated heterocycles. The molecule has 1 atom stereocenters. The van der Waals surface area contributed by atoms with Gasteiger partial charge >= 0.3 is 0 Å². The summed E-state index contributed by atoms with van der Waals surface area (Å²) < 4.78 is 24.7. The third kappa shape index (κ3) is 3.99. The van der Waals surface area contributed by atoms with E-state index in [1.807, 2.05) is 18.2 Å². The summed E-state index contributed by atoms with van der Waals surface area (Å²) in [6.07, 6.45) is 5.02. The first-order chi connectivity index (χ1) is 8.97. The Morgan fingerprint density at radius 3 is 2.89 bits per heavy atom. The smallest absolute Gasteiger partial charge is 0.211 e. The van der Waals surface area contributed by atoms with Crippen molar-refractivity contribution in [3.8, 4) is 0 Å². The van der Waals surface area contributed by atoms with E-state index in [1.54, 1.807) is 13.2 Å². The molecule has 0 radical (unpaired) electrons. The van der Waals surface area contributed by atoms with Crippen molar-refractivity contribution in [2.45, 2.75) is 25.4 Å². The maximum atomic E-state index is 11.6. The molecule has 1 aliphatic heterocycles. The first-order valence-electron chi connectivity index (χ1n) is 6.52. The van der Waals surface area contributed by atoms with Crippen molar-refractivity contribution in [1.29, 1.82) is 0 Å². The lowest BCUT2D eigenvalue weighted by atomic mass is 10.1. The molecular weight excluding hydrogens is 262 g/mol. The van der Waals surface area contributed by atoms with Crippen LogP contribution in [0.4, 0.5) is 0 Å². The van der Waals surface area contributed by atoms with E-state index in [0.717, 1.165) is 38.2 Å². The number of pyridine rings is 1.